The molecule has 0 aliphatic heterocycles. The van der Waals surface area contributed by atoms with Crippen molar-refractivity contribution in [1.82, 2.24) is 14.9 Å². The van der Waals surface area contributed by atoms with Gasteiger partial charge < -0.3 is 10.1 Å². The second kappa shape index (κ2) is 8.93. The quantitative estimate of drug-likeness (QED) is 0.490. The first-order valence-corrected chi connectivity index (χ1v) is 9.98. The highest BCUT2D eigenvalue weighted by Crippen LogP contribution is 2.23. The van der Waals surface area contributed by atoms with Crippen molar-refractivity contribution in [2.24, 2.45) is 0 Å². The fourth-order valence-corrected chi connectivity index (χ4v) is 3.75. The first-order valence-electron chi connectivity index (χ1n) is 9.10. The zero-order chi connectivity index (χ0) is 20.1. The van der Waals surface area contributed by atoms with E-state index in [0.717, 1.165) is 11.3 Å². The molecule has 1 N–H and O–H groups in total. The standard InChI is InChI=1S/C21H23N3O3S/c1-4-22-19(25)14(2)28-21-23-18-8-6-5-7-17(18)20(26)24(21)13-15-9-11-16(27-3)12-10-15/h5-12,14H,4,13H2,1-3H3,(H,22,25)/t14-/m0/s1. The number of fused-ring (bicyclic) bond motifs is 1. The smallest absolute Gasteiger partial charge is 0.262 e. The van der Waals surface area contributed by atoms with E-state index in [9.17, 15) is 9.59 Å². The van der Waals surface area contributed by atoms with Crippen molar-refractivity contribution in [3.05, 3.63) is 64.4 Å². The molecular weight excluding hydrogens is 374 g/mol. The lowest BCUT2D eigenvalue weighted by molar-refractivity contribution is -0.120. The Balaban J connectivity index is 2.03. The molecule has 0 spiro atoms. The van der Waals surface area contributed by atoms with Gasteiger partial charge in [0.25, 0.3) is 5.56 Å². The number of nitrogens with one attached hydrogen (secondary N) is 1. The van der Waals surface area contributed by atoms with Crippen LogP contribution in [-0.4, -0.2) is 34.4 Å². The summed E-state index contributed by atoms with van der Waals surface area (Å²) < 4.78 is 6.83. The predicted molar refractivity (Wildman–Crippen MR) is 112 cm³/mol. The first kappa shape index (κ1) is 19.9. The maximum absolute atomic E-state index is 13.1. The molecule has 1 heterocycles. The van der Waals surface area contributed by atoms with E-state index < -0.39 is 0 Å². The monoisotopic (exact) mass is 397 g/mol. The average molecular weight is 398 g/mol. The topological polar surface area (TPSA) is 73.2 Å². The van der Waals surface area contributed by atoms with Gasteiger partial charge in [0.1, 0.15) is 5.75 Å². The van der Waals surface area contributed by atoms with Crippen LogP contribution in [0.3, 0.4) is 0 Å². The lowest BCUT2D eigenvalue weighted by Gasteiger charge is -2.16. The SMILES string of the molecule is CCNC(=O)[C@H](C)Sc1nc2ccccc2c(=O)n1Cc1ccc(OC)cc1. The molecule has 1 amide bonds. The molecule has 0 radical (unpaired) electrons. The summed E-state index contributed by atoms with van der Waals surface area (Å²) in [5, 5.41) is 3.53. The minimum Gasteiger partial charge on any atom is -0.497 e. The number of benzene rings is 2. The maximum Gasteiger partial charge on any atom is 0.262 e. The lowest BCUT2D eigenvalue weighted by Crippen LogP contribution is -2.32. The summed E-state index contributed by atoms with van der Waals surface area (Å²) in [5.74, 6) is 0.679. The molecule has 0 bridgehead atoms. The second-order valence-corrected chi connectivity index (χ2v) is 7.61. The Kier molecular flexibility index (Phi) is 6.36. The van der Waals surface area contributed by atoms with Gasteiger partial charge in [-0.3, -0.25) is 14.2 Å². The maximum atomic E-state index is 13.1. The predicted octanol–water partition coefficient (Wildman–Crippen LogP) is 3.07. The third-order valence-corrected chi connectivity index (χ3v) is 5.42. The van der Waals surface area contributed by atoms with Gasteiger partial charge in [-0.05, 0) is 43.7 Å². The van der Waals surface area contributed by atoms with Crippen LogP contribution >= 0.6 is 11.8 Å². The Bertz CT molecular complexity index is 1030. The van der Waals surface area contributed by atoms with Crippen molar-refractivity contribution >= 4 is 28.6 Å². The van der Waals surface area contributed by atoms with Crippen molar-refractivity contribution in [2.75, 3.05) is 13.7 Å². The van der Waals surface area contributed by atoms with Crippen molar-refractivity contribution in [2.45, 2.75) is 30.8 Å². The van der Waals surface area contributed by atoms with Crippen molar-refractivity contribution < 1.29 is 9.53 Å². The third kappa shape index (κ3) is 4.36. The molecule has 0 fully saturated rings. The summed E-state index contributed by atoms with van der Waals surface area (Å²) >= 11 is 1.29. The minimum atomic E-state index is -0.366. The molecule has 1 atom stereocenters. The molecule has 3 rings (SSSR count). The van der Waals surface area contributed by atoms with Gasteiger partial charge in [0.2, 0.25) is 5.91 Å². The van der Waals surface area contributed by atoms with Gasteiger partial charge in [-0.2, -0.15) is 0 Å². The summed E-state index contributed by atoms with van der Waals surface area (Å²) in [6, 6.07) is 14.8. The zero-order valence-corrected chi connectivity index (χ0v) is 17.0. The number of aromatic nitrogens is 2. The molecule has 146 valence electrons. The van der Waals surface area contributed by atoms with Crippen molar-refractivity contribution in [3.8, 4) is 5.75 Å². The number of para-hydroxylation sites is 1. The Morgan fingerprint density at radius 2 is 1.93 bits per heavy atom. The van der Waals surface area contributed by atoms with Crippen LogP contribution < -0.4 is 15.6 Å². The van der Waals surface area contributed by atoms with E-state index in [1.807, 2.05) is 56.3 Å². The fourth-order valence-electron chi connectivity index (χ4n) is 2.82. The average Bonchev–Trinajstić information content (AvgIpc) is 2.71. The Labute approximate surface area is 167 Å². The second-order valence-electron chi connectivity index (χ2n) is 6.31. The van der Waals surface area contributed by atoms with Crippen LogP contribution in [0.15, 0.2) is 58.5 Å². The Morgan fingerprint density at radius 1 is 1.21 bits per heavy atom. The van der Waals surface area contributed by atoms with Gasteiger partial charge in [-0.15, -0.1) is 0 Å². The van der Waals surface area contributed by atoms with E-state index in [1.165, 1.54) is 11.8 Å². The van der Waals surface area contributed by atoms with Crippen molar-refractivity contribution in [3.63, 3.8) is 0 Å². The molecule has 6 nitrogen and oxygen atoms in total. The van der Waals surface area contributed by atoms with Crippen LogP contribution in [0, 0.1) is 0 Å². The molecule has 0 unspecified atom stereocenters. The fraction of sp³-hybridized carbons (Fsp3) is 0.286. The molecule has 7 heteroatoms. The highest BCUT2D eigenvalue weighted by atomic mass is 32.2. The molecular formula is C21H23N3O3S. The van der Waals surface area contributed by atoms with Crippen LogP contribution in [0.5, 0.6) is 5.75 Å². The van der Waals surface area contributed by atoms with Crippen LogP contribution in [0.25, 0.3) is 10.9 Å². The molecule has 2 aromatic carbocycles. The van der Waals surface area contributed by atoms with Gasteiger partial charge in [-0.25, -0.2) is 4.98 Å². The number of ether oxygens (including phenoxy) is 1. The van der Waals surface area contributed by atoms with E-state index in [4.69, 9.17) is 4.74 Å². The third-order valence-electron chi connectivity index (χ3n) is 4.33. The minimum absolute atomic E-state index is 0.0779. The summed E-state index contributed by atoms with van der Waals surface area (Å²) in [5.41, 5.74) is 1.46. The molecule has 28 heavy (non-hydrogen) atoms. The van der Waals surface area contributed by atoms with Gasteiger partial charge in [-0.1, -0.05) is 36.0 Å². The van der Waals surface area contributed by atoms with Gasteiger partial charge in [0, 0.05) is 6.54 Å². The first-order chi connectivity index (χ1) is 13.5. The van der Waals surface area contributed by atoms with E-state index in [1.54, 1.807) is 17.7 Å². The number of amides is 1. The molecule has 0 aliphatic carbocycles. The van der Waals surface area contributed by atoms with Crippen LogP contribution in [-0.2, 0) is 11.3 Å². The number of hydrogen-bond donors (Lipinski definition) is 1. The van der Waals surface area contributed by atoms with E-state index in [-0.39, 0.29) is 16.7 Å². The summed E-state index contributed by atoms with van der Waals surface area (Å²) in [7, 11) is 1.62. The highest BCUT2D eigenvalue weighted by Gasteiger charge is 2.19. The number of rotatable bonds is 7. The van der Waals surface area contributed by atoms with E-state index in [0.29, 0.717) is 29.1 Å². The summed E-state index contributed by atoms with van der Waals surface area (Å²) in [4.78, 5) is 30.0. The Hall–Kier alpha value is -2.80. The zero-order valence-electron chi connectivity index (χ0n) is 16.1. The molecule has 1 aromatic heterocycles. The summed E-state index contributed by atoms with van der Waals surface area (Å²) in [6.07, 6.45) is 0. The molecule has 3 aromatic rings. The van der Waals surface area contributed by atoms with Crippen LogP contribution in [0.4, 0.5) is 0 Å². The number of methoxy groups -OCH3 is 1. The Morgan fingerprint density at radius 3 is 2.61 bits per heavy atom. The van der Waals surface area contributed by atoms with Gasteiger partial charge >= 0.3 is 0 Å². The number of carbonyl (C=O) groups is 1. The van der Waals surface area contributed by atoms with Gasteiger partial charge in [0.05, 0.1) is 29.8 Å². The summed E-state index contributed by atoms with van der Waals surface area (Å²) in [6.45, 7) is 4.62. The highest BCUT2D eigenvalue weighted by molar-refractivity contribution is 8.00. The number of hydrogen-bond acceptors (Lipinski definition) is 5. The largest absolute Gasteiger partial charge is 0.497 e. The number of nitrogens with zero attached hydrogens (tertiary/aromatic N) is 2. The lowest BCUT2D eigenvalue weighted by atomic mass is 10.2. The van der Waals surface area contributed by atoms with Crippen molar-refractivity contribution in [1.29, 1.82) is 0 Å². The van der Waals surface area contributed by atoms with Gasteiger partial charge in [0.15, 0.2) is 5.16 Å². The molecule has 0 saturated heterocycles. The molecule has 0 saturated carbocycles. The molecule has 0 aliphatic rings. The number of carbonyl (C=O) groups excluding carboxylic acids is 1. The van der Waals surface area contributed by atoms with E-state index in [2.05, 4.69) is 10.3 Å². The number of thioether (sulfide) groups is 1. The van der Waals surface area contributed by atoms with Crippen LogP contribution in [0.1, 0.15) is 19.4 Å². The van der Waals surface area contributed by atoms with E-state index >= 15 is 0 Å². The van der Waals surface area contributed by atoms with Crippen LogP contribution in [0.2, 0.25) is 0 Å². The normalized spacial score (nSPS) is 12.0.